The maximum atomic E-state index is 12.4. The quantitative estimate of drug-likeness (QED) is 0.800. The number of carbonyl (C=O) groups excluding carboxylic acids is 1. The van der Waals surface area contributed by atoms with Crippen molar-refractivity contribution in [2.75, 3.05) is 25.5 Å². The van der Waals surface area contributed by atoms with E-state index in [-0.39, 0.29) is 18.6 Å². The molecule has 0 aliphatic heterocycles. The van der Waals surface area contributed by atoms with Crippen LogP contribution in [0.15, 0.2) is 12.1 Å². The summed E-state index contributed by atoms with van der Waals surface area (Å²) in [6, 6.07) is 3.41. The zero-order valence-electron chi connectivity index (χ0n) is 12.8. The molecule has 1 aromatic rings. The van der Waals surface area contributed by atoms with E-state index in [1.807, 2.05) is 19.9 Å². The molecule has 0 radical (unpaired) electrons. The summed E-state index contributed by atoms with van der Waals surface area (Å²) in [4.78, 5) is 18.5. The fraction of sp³-hybridized carbons (Fsp3) is 0.600. The number of pyridine rings is 1. The molecule has 20 heavy (non-hydrogen) atoms. The molecule has 5 nitrogen and oxygen atoms in total. The molecular weight excluding hydrogens is 254 g/mol. The minimum absolute atomic E-state index is 0.0464. The van der Waals surface area contributed by atoms with E-state index < -0.39 is 0 Å². The topological polar surface area (TPSA) is 65.5 Å². The van der Waals surface area contributed by atoms with E-state index in [0.29, 0.717) is 5.56 Å². The van der Waals surface area contributed by atoms with Crippen LogP contribution in [0.25, 0.3) is 0 Å². The van der Waals surface area contributed by atoms with Crippen LogP contribution in [0.5, 0.6) is 0 Å². The molecule has 0 spiro atoms. The number of anilines is 1. The van der Waals surface area contributed by atoms with Gasteiger partial charge in [0.1, 0.15) is 5.82 Å². The molecule has 0 saturated heterocycles. The Labute approximate surface area is 121 Å². The van der Waals surface area contributed by atoms with Crippen LogP contribution >= 0.6 is 0 Å². The monoisotopic (exact) mass is 279 g/mol. The molecular formula is C15H25N3O2. The maximum absolute atomic E-state index is 12.4. The smallest absolute Gasteiger partial charge is 0.254 e. The number of nitrogens with one attached hydrogen (secondary N) is 1. The minimum atomic E-state index is -0.201. The molecule has 0 saturated carbocycles. The van der Waals surface area contributed by atoms with Gasteiger partial charge in [0.05, 0.1) is 12.6 Å². The first kappa shape index (κ1) is 16.4. The lowest BCUT2D eigenvalue weighted by Crippen LogP contribution is -2.37. The third-order valence-corrected chi connectivity index (χ3v) is 3.24. The minimum Gasteiger partial charge on any atom is -0.394 e. The summed E-state index contributed by atoms with van der Waals surface area (Å²) in [6.07, 6.45) is 1.83. The van der Waals surface area contributed by atoms with Crippen LogP contribution in [-0.2, 0) is 6.42 Å². The Hall–Kier alpha value is -1.62. The van der Waals surface area contributed by atoms with E-state index in [0.717, 1.165) is 30.9 Å². The zero-order chi connectivity index (χ0) is 15.1. The van der Waals surface area contributed by atoms with Crippen molar-refractivity contribution in [3.8, 4) is 0 Å². The van der Waals surface area contributed by atoms with E-state index in [4.69, 9.17) is 5.11 Å². The first-order valence-corrected chi connectivity index (χ1v) is 7.16. The predicted molar refractivity (Wildman–Crippen MR) is 81.0 cm³/mol. The number of aliphatic hydroxyl groups is 1. The van der Waals surface area contributed by atoms with E-state index in [1.165, 1.54) is 0 Å². The first-order valence-electron chi connectivity index (χ1n) is 7.16. The Morgan fingerprint density at radius 1 is 1.45 bits per heavy atom. The number of aromatic nitrogens is 1. The fourth-order valence-corrected chi connectivity index (χ4v) is 1.89. The molecule has 1 rings (SSSR count). The SMILES string of the molecule is CCCc1cc(C(=O)N(C)C(C)CO)cc(NCC)n1. The standard InChI is InChI=1S/C15H25N3O2/c1-5-7-13-8-12(9-14(17-13)16-6-2)15(20)18(4)11(3)10-19/h8-9,11,19H,5-7,10H2,1-4H3,(H,16,17). The highest BCUT2D eigenvalue weighted by Crippen LogP contribution is 2.15. The van der Waals surface area contributed by atoms with Gasteiger partial charge in [0.15, 0.2) is 0 Å². The van der Waals surface area contributed by atoms with Gasteiger partial charge in [-0.1, -0.05) is 13.3 Å². The molecule has 0 aliphatic rings. The van der Waals surface area contributed by atoms with Gasteiger partial charge in [-0.25, -0.2) is 4.98 Å². The summed E-state index contributed by atoms with van der Waals surface area (Å²) in [7, 11) is 1.70. The number of nitrogens with zero attached hydrogens (tertiary/aromatic N) is 2. The van der Waals surface area contributed by atoms with Crippen LogP contribution in [0.3, 0.4) is 0 Å². The highest BCUT2D eigenvalue weighted by atomic mass is 16.3. The molecule has 1 aromatic heterocycles. The van der Waals surface area contributed by atoms with Gasteiger partial charge in [0.2, 0.25) is 0 Å². The largest absolute Gasteiger partial charge is 0.394 e. The van der Waals surface area contributed by atoms with Gasteiger partial charge in [0, 0.05) is 24.8 Å². The molecule has 0 fully saturated rings. The van der Waals surface area contributed by atoms with Crippen molar-refractivity contribution in [3.05, 3.63) is 23.4 Å². The second-order valence-corrected chi connectivity index (χ2v) is 4.96. The number of rotatable bonds is 7. The fourth-order valence-electron chi connectivity index (χ4n) is 1.89. The van der Waals surface area contributed by atoms with Crippen molar-refractivity contribution in [3.63, 3.8) is 0 Å². The zero-order valence-corrected chi connectivity index (χ0v) is 12.8. The summed E-state index contributed by atoms with van der Waals surface area (Å²) < 4.78 is 0. The average molecular weight is 279 g/mol. The van der Waals surface area contributed by atoms with Crippen molar-refractivity contribution in [2.24, 2.45) is 0 Å². The van der Waals surface area contributed by atoms with Crippen molar-refractivity contribution in [2.45, 2.75) is 39.7 Å². The van der Waals surface area contributed by atoms with Gasteiger partial charge in [-0.05, 0) is 32.4 Å². The molecule has 0 aromatic carbocycles. The summed E-state index contributed by atoms with van der Waals surface area (Å²) in [6.45, 7) is 6.62. The van der Waals surface area contributed by atoms with Crippen molar-refractivity contribution >= 4 is 11.7 Å². The van der Waals surface area contributed by atoms with E-state index in [9.17, 15) is 4.79 Å². The third kappa shape index (κ3) is 4.20. The molecule has 1 amide bonds. The van der Waals surface area contributed by atoms with Crippen molar-refractivity contribution < 1.29 is 9.90 Å². The van der Waals surface area contributed by atoms with Gasteiger partial charge in [-0.3, -0.25) is 4.79 Å². The third-order valence-electron chi connectivity index (χ3n) is 3.24. The lowest BCUT2D eigenvalue weighted by molar-refractivity contribution is 0.0682. The predicted octanol–water partition coefficient (Wildman–Crippen LogP) is 1.92. The highest BCUT2D eigenvalue weighted by Gasteiger charge is 2.18. The molecule has 112 valence electrons. The number of amides is 1. The van der Waals surface area contributed by atoms with Gasteiger partial charge >= 0.3 is 0 Å². The summed E-state index contributed by atoms with van der Waals surface area (Å²) in [5, 5.41) is 12.3. The summed E-state index contributed by atoms with van der Waals surface area (Å²) >= 11 is 0. The van der Waals surface area contributed by atoms with Crippen molar-refractivity contribution in [1.82, 2.24) is 9.88 Å². The molecule has 1 heterocycles. The van der Waals surface area contributed by atoms with Crippen LogP contribution in [0.4, 0.5) is 5.82 Å². The normalized spacial score (nSPS) is 12.1. The maximum Gasteiger partial charge on any atom is 0.254 e. The molecule has 1 atom stereocenters. The molecule has 1 unspecified atom stereocenters. The van der Waals surface area contributed by atoms with Gasteiger partial charge in [-0.15, -0.1) is 0 Å². The number of hydrogen-bond acceptors (Lipinski definition) is 4. The number of aryl methyl sites for hydroxylation is 1. The van der Waals surface area contributed by atoms with Crippen LogP contribution < -0.4 is 5.32 Å². The average Bonchev–Trinajstić information content (AvgIpc) is 2.45. The number of aliphatic hydroxyl groups excluding tert-OH is 1. The Balaban J connectivity index is 3.05. The second-order valence-electron chi connectivity index (χ2n) is 4.96. The number of likely N-dealkylation sites (N-methyl/N-ethyl adjacent to an activating group) is 1. The van der Waals surface area contributed by atoms with Gasteiger partial charge in [0.25, 0.3) is 5.91 Å². The van der Waals surface area contributed by atoms with Crippen LogP contribution in [0.1, 0.15) is 43.2 Å². The highest BCUT2D eigenvalue weighted by molar-refractivity contribution is 5.95. The van der Waals surface area contributed by atoms with Gasteiger partial charge in [-0.2, -0.15) is 0 Å². The first-order chi connectivity index (χ1) is 9.53. The van der Waals surface area contributed by atoms with Crippen LogP contribution in [0, 0.1) is 0 Å². The molecule has 0 aliphatic carbocycles. The lowest BCUT2D eigenvalue weighted by atomic mass is 10.1. The molecule has 2 N–H and O–H groups in total. The van der Waals surface area contributed by atoms with E-state index >= 15 is 0 Å². The van der Waals surface area contributed by atoms with Crippen molar-refractivity contribution in [1.29, 1.82) is 0 Å². The Kier molecular flexibility index (Phi) is 6.45. The second kappa shape index (κ2) is 7.85. The Bertz CT molecular complexity index is 424. The van der Waals surface area contributed by atoms with Crippen LogP contribution in [-0.4, -0.2) is 47.1 Å². The van der Waals surface area contributed by atoms with E-state index in [1.54, 1.807) is 18.0 Å². The summed E-state index contributed by atoms with van der Waals surface area (Å²) in [5.74, 6) is 0.636. The summed E-state index contributed by atoms with van der Waals surface area (Å²) in [5.41, 5.74) is 1.53. The van der Waals surface area contributed by atoms with Gasteiger partial charge < -0.3 is 15.3 Å². The molecule has 5 heteroatoms. The molecule has 0 bridgehead atoms. The lowest BCUT2D eigenvalue weighted by Gasteiger charge is -2.23. The Morgan fingerprint density at radius 3 is 2.70 bits per heavy atom. The number of hydrogen-bond donors (Lipinski definition) is 2. The van der Waals surface area contributed by atoms with Crippen LogP contribution in [0.2, 0.25) is 0 Å². The van der Waals surface area contributed by atoms with E-state index in [2.05, 4.69) is 17.2 Å². The number of carbonyl (C=O) groups is 1. The Morgan fingerprint density at radius 2 is 2.15 bits per heavy atom.